The summed E-state index contributed by atoms with van der Waals surface area (Å²) >= 11 is 4.86. The van der Waals surface area contributed by atoms with Crippen LogP contribution < -0.4 is 15.2 Å². The van der Waals surface area contributed by atoms with E-state index in [-0.39, 0.29) is 18.2 Å². The molecule has 1 rings (SSSR count). The van der Waals surface area contributed by atoms with Crippen LogP contribution in [0.15, 0.2) is 18.2 Å². The lowest BCUT2D eigenvalue weighted by atomic mass is 10.2. The van der Waals surface area contributed by atoms with Crippen molar-refractivity contribution in [2.24, 2.45) is 5.73 Å². The molecule has 0 spiro atoms. The van der Waals surface area contributed by atoms with Crippen LogP contribution in [0.5, 0.6) is 11.5 Å². The lowest BCUT2D eigenvalue weighted by molar-refractivity contribution is -0.175. The topological polar surface area (TPSA) is 53.7 Å². The number of nitrogens with two attached hydrogens (primary N) is 1. The Morgan fingerprint density at radius 3 is 2.48 bits per heavy atom. The summed E-state index contributed by atoms with van der Waals surface area (Å²) in [6.07, 6.45) is -4.34. The maximum atomic E-state index is 11.9. The van der Waals surface area contributed by atoms with E-state index in [4.69, 9.17) is 27.4 Å². The Hall–Kier alpha value is -1.54. The number of thiocarbonyl (C=S) groups is 1. The highest BCUT2D eigenvalue weighted by molar-refractivity contribution is 7.80. The minimum Gasteiger partial charge on any atom is -0.490 e. The van der Waals surface area contributed by atoms with E-state index in [0.29, 0.717) is 23.7 Å². The van der Waals surface area contributed by atoms with E-state index in [2.05, 4.69) is 4.74 Å². The van der Waals surface area contributed by atoms with Crippen molar-refractivity contribution in [3.63, 3.8) is 0 Å². The number of alkyl halides is 3. The average Bonchev–Trinajstić information content (AvgIpc) is 2.38. The molecule has 0 atom stereocenters. The third-order valence-corrected chi connectivity index (χ3v) is 2.51. The summed E-state index contributed by atoms with van der Waals surface area (Å²) in [5.41, 5.74) is 6.14. The summed E-state index contributed by atoms with van der Waals surface area (Å²) in [6, 6.07) is 4.87. The average molecular weight is 323 g/mol. The molecule has 0 saturated heterocycles. The first-order valence-corrected chi connectivity index (χ1v) is 6.58. The molecule has 0 unspecified atom stereocenters. The van der Waals surface area contributed by atoms with E-state index in [1.165, 1.54) is 0 Å². The van der Waals surface area contributed by atoms with Crippen molar-refractivity contribution in [1.29, 1.82) is 0 Å². The van der Waals surface area contributed by atoms with Gasteiger partial charge in [0.2, 0.25) is 0 Å². The van der Waals surface area contributed by atoms with Crippen LogP contribution in [0.3, 0.4) is 0 Å². The van der Waals surface area contributed by atoms with Gasteiger partial charge < -0.3 is 19.9 Å². The lowest BCUT2D eigenvalue weighted by Crippen LogP contribution is -2.19. The fourth-order valence-corrected chi connectivity index (χ4v) is 1.57. The second kappa shape index (κ2) is 8.04. The highest BCUT2D eigenvalue weighted by atomic mass is 32.1. The second-order valence-electron chi connectivity index (χ2n) is 3.98. The zero-order chi connectivity index (χ0) is 15.9. The molecule has 8 heteroatoms. The third kappa shape index (κ3) is 6.63. The first kappa shape index (κ1) is 17.5. The van der Waals surface area contributed by atoms with Crippen LogP contribution in [0.4, 0.5) is 13.2 Å². The molecule has 0 amide bonds. The van der Waals surface area contributed by atoms with Crippen molar-refractivity contribution in [2.45, 2.75) is 13.1 Å². The predicted octanol–water partition coefficient (Wildman–Crippen LogP) is 2.68. The Morgan fingerprint density at radius 1 is 1.19 bits per heavy atom. The van der Waals surface area contributed by atoms with Crippen LogP contribution in [-0.2, 0) is 4.74 Å². The summed E-state index contributed by atoms with van der Waals surface area (Å²) in [4.78, 5) is 0.219. The van der Waals surface area contributed by atoms with Gasteiger partial charge in [0.25, 0.3) is 0 Å². The number of ether oxygens (including phenoxy) is 3. The van der Waals surface area contributed by atoms with E-state index in [1.54, 1.807) is 25.1 Å². The minimum atomic E-state index is -4.34. The molecule has 0 radical (unpaired) electrons. The van der Waals surface area contributed by atoms with Gasteiger partial charge in [-0.25, -0.2) is 0 Å². The van der Waals surface area contributed by atoms with E-state index >= 15 is 0 Å². The number of halogens is 3. The summed E-state index contributed by atoms with van der Waals surface area (Å²) in [5.74, 6) is 0.825. The first-order valence-electron chi connectivity index (χ1n) is 6.17. The molecular weight excluding hydrogens is 307 g/mol. The van der Waals surface area contributed by atoms with Crippen LogP contribution >= 0.6 is 12.2 Å². The first-order chi connectivity index (χ1) is 9.83. The molecule has 21 heavy (non-hydrogen) atoms. The summed E-state index contributed by atoms with van der Waals surface area (Å²) in [5, 5.41) is 0. The Morgan fingerprint density at radius 2 is 1.90 bits per heavy atom. The van der Waals surface area contributed by atoms with Gasteiger partial charge in [0.15, 0.2) is 11.5 Å². The number of hydrogen-bond acceptors (Lipinski definition) is 4. The Balaban J connectivity index is 2.55. The van der Waals surface area contributed by atoms with Crippen molar-refractivity contribution in [3.05, 3.63) is 23.8 Å². The van der Waals surface area contributed by atoms with Crippen LogP contribution in [0.25, 0.3) is 0 Å². The molecule has 0 aliphatic heterocycles. The van der Waals surface area contributed by atoms with Crippen molar-refractivity contribution >= 4 is 17.2 Å². The quantitative estimate of drug-likeness (QED) is 0.589. The molecule has 4 nitrogen and oxygen atoms in total. The molecular formula is C13H16F3NO3S. The van der Waals surface area contributed by atoms with Crippen LogP contribution in [0, 0.1) is 0 Å². The van der Waals surface area contributed by atoms with Gasteiger partial charge in [-0.2, -0.15) is 13.2 Å². The van der Waals surface area contributed by atoms with E-state index in [0.717, 1.165) is 0 Å². The lowest BCUT2D eigenvalue weighted by Gasteiger charge is -2.13. The van der Waals surface area contributed by atoms with Gasteiger partial charge in [-0.15, -0.1) is 0 Å². The molecule has 1 aromatic rings. The summed E-state index contributed by atoms with van der Waals surface area (Å²) in [6.45, 7) is 0.700. The van der Waals surface area contributed by atoms with Gasteiger partial charge in [-0.05, 0) is 25.1 Å². The van der Waals surface area contributed by atoms with Gasteiger partial charge in [0.1, 0.15) is 18.2 Å². The molecule has 2 N–H and O–H groups in total. The Labute approximate surface area is 126 Å². The monoisotopic (exact) mass is 323 g/mol. The van der Waals surface area contributed by atoms with E-state index in [9.17, 15) is 13.2 Å². The zero-order valence-electron chi connectivity index (χ0n) is 11.4. The summed E-state index contributed by atoms with van der Waals surface area (Å²) in [7, 11) is 0. The maximum Gasteiger partial charge on any atom is 0.411 e. The highest BCUT2D eigenvalue weighted by Crippen LogP contribution is 2.28. The molecule has 0 saturated carbocycles. The largest absolute Gasteiger partial charge is 0.490 e. The fourth-order valence-electron chi connectivity index (χ4n) is 1.45. The van der Waals surface area contributed by atoms with Gasteiger partial charge in [-0.1, -0.05) is 12.2 Å². The third-order valence-electron chi connectivity index (χ3n) is 2.28. The number of hydrogen-bond donors (Lipinski definition) is 1. The van der Waals surface area contributed by atoms with Gasteiger partial charge >= 0.3 is 6.18 Å². The number of benzene rings is 1. The fraction of sp³-hybridized carbons (Fsp3) is 0.462. The van der Waals surface area contributed by atoms with Crippen LogP contribution in [-0.4, -0.2) is 37.6 Å². The molecule has 1 aromatic carbocycles. The molecule has 118 valence electrons. The molecule has 0 bridgehead atoms. The zero-order valence-corrected chi connectivity index (χ0v) is 12.2. The van der Waals surface area contributed by atoms with Crippen LogP contribution in [0.2, 0.25) is 0 Å². The van der Waals surface area contributed by atoms with E-state index < -0.39 is 12.8 Å². The predicted molar refractivity (Wildman–Crippen MR) is 75.9 cm³/mol. The normalized spacial score (nSPS) is 11.2. The van der Waals surface area contributed by atoms with E-state index in [1.807, 2.05) is 0 Å². The smallest absolute Gasteiger partial charge is 0.411 e. The summed E-state index contributed by atoms with van der Waals surface area (Å²) < 4.78 is 50.8. The van der Waals surface area contributed by atoms with Gasteiger partial charge in [-0.3, -0.25) is 0 Å². The SMILES string of the molecule is CCOc1cc(C(N)=S)ccc1OCCOCC(F)(F)F. The Bertz CT molecular complexity index is 480. The van der Waals surface area contributed by atoms with Crippen molar-refractivity contribution in [2.75, 3.05) is 26.4 Å². The Kier molecular flexibility index (Phi) is 6.70. The maximum absolute atomic E-state index is 11.9. The molecule has 0 fully saturated rings. The van der Waals surface area contributed by atoms with Crippen molar-refractivity contribution in [3.8, 4) is 11.5 Å². The molecule has 0 aliphatic rings. The molecule has 0 heterocycles. The second-order valence-corrected chi connectivity index (χ2v) is 4.41. The van der Waals surface area contributed by atoms with Crippen molar-refractivity contribution < 1.29 is 27.4 Å². The molecule has 0 aliphatic carbocycles. The number of rotatable bonds is 8. The van der Waals surface area contributed by atoms with Gasteiger partial charge in [0, 0.05) is 5.56 Å². The minimum absolute atomic E-state index is 0.0252. The van der Waals surface area contributed by atoms with Crippen LogP contribution in [0.1, 0.15) is 12.5 Å². The van der Waals surface area contributed by atoms with Crippen molar-refractivity contribution in [1.82, 2.24) is 0 Å². The standard InChI is InChI=1S/C13H16F3NO3S/c1-2-19-11-7-9(12(17)21)3-4-10(11)20-6-5-18-8-13(14,15)16/h3-4,7H,2,5-6,8H2,1H3,(H2,17,21). The van der Waals surface area contributed by atoms with Gasteiger partial charge in [0.05, 0.1) is 13.2 Å². The highest BCUT2D eigenvalue weighted by Gasteiger charge is 2.27. The molecule has 0 aromatic heterocycles.